The molecule has 1 fully saturated rings. The Morgan fingerprint density at radius 1 is 1.24 bits per heavy atom. The van der Waals surface area contributed by atoms with Gasteiger partial charge in [-0.3, -0.25) is 24.6 Å². The van der Waals surface area contributed by atoms with Crippen LogP contribution in [0.4, 0.5) is 4.39 Å². The van der Waals surface area contributed by atoms with Gasteiger partial charge in [-0.1, -0.05) is 15.9 Å². The van der Waals surface area contributed by atoms with Gasteiger partial charge in [-0.05, 0) is 56.9 Å². The van der Waals surface area contributed by atoms with E-state index in [4.69, 9.17) is 11.1 Å². The van der Waals surface area contributed by atoms with Gasteiger partial charge in [-0.25, -0.2) is 4.39 Å². The fourth-order valence-corrected chi connectivity index (χ4v) is 3.96. The van der Waals surface area contributed by atoms with Gasteiger partial charge < -0.3 is 26.6 Å². The van der Waals surface area contributed by atoms with Crippen LogP contribution < -0.4 is 21.7 Å². The Kier molecular flexibility index (Phi) is 10.4. The molecule has 0 unspecified atom stereocenters. The van der Waals surface area contributed by atoms with Crippen LogP contribution in [0.5, 0.6) is 0 Å². The second-order valence-corrected chi connectivity index (χ2v) is 8.95. The Morgan fingerprint density at radius 2 is 1.91 bits per heavy atom. The molecule has 6 N–H and O–H groups in total. The molecule has 0 saturated carbocycles. The second-order valence-electron chi connectivity index (χ2n) is 8.04. The van der Waals surface area contributed by atoms with Gasteiger partial charge in [0.25, 0.3) is 5.91 Å². The van der Waals surface area contributed by atoms with E-state index in [9.17, 15) is 23.6 Å². The van der Waals surface area contributed by atoms with Crippen molar-refractivity contribution < 1.29 is 23.6 Å². The fraction of sp³-hybridized carbons (Fsp3) is 0.500. The summed E-state index contributed by atoms with van der Waals surface area (Å²) in [4.78, 5) is 51.7. The average molecular weight is 541 g/mol. The van der Waals surface area contributed by atoms with Crippen molar-refractivity contribution in [2.45, 2.75) is 50.7 Å². The van der Waals surface area contributed by atoms with Crippen LogP contribution in [0.2, 0.25) is 0 Å². The fourth-order valence-electron chi connectivity index (χ4n) is 3.70. The summed E-state index contributed by atoms with van der Waals surface area (Å²) in [5.74, 6) is -2.35. The van der Waals surface area contributed by atoms with Crippen molar-refractivity contribution in [1.29, 1.82) is 5.41 Å². The van der Waals surface area contributed by atoms with Gasteiger partial charge >= 0.3 is 0 Å². The van der Waals surface area contributed by atoms with Crippen molar-refractivity contribution in [3.63, 3.8) is 0 Å². The van der Waals surface area contributed by atoms with Crippen molar-refractivity contribution in [3.8, 4) is 0 Å². The van der Waals surface area contributed by atoms with E-state index in [1.165, 1.54) is 4.90 Å². The lowest BCUT2D eigenvalue weighted by molar-refractivity contribution is -0.140. The number of halogens is 2. The Labute approximate surface area is 205 Å². The number of carbonyl (C=O) groups is 4. The molecule has 1 aromatic rings. The highest BCUT2D eigenvalue weighted by Gasteiger charge is 2.37. The van der Waals surface area contributed by atoms with Gasteiger partial charge in [0.1, 0.15) is 18.8 Å². The first kappa shape index (κ1) is 27.2. The van der Waals surface area contributed by atoms with Gasteiger partial charge in [-0.15, -0.1) is 0 Å². The van der Waals surface area contributed by atoms with E-state index >= 15 is 0 Å². The minimum Gasteiger partial charge on any atom is -0.370 e. The molecule has 1 heterocycles. The van der Waals surface area contributed by atoms with Gasteiger partial charge in [0, 0.05) is 23.1 Å². The number of hydrogen-bond donors (Lipinski definition) is 5. The van der Waals surface area contributed by atoms with Gasteiger partial charge in [0.05, 0.1) is 6.04 Å². The van der Waals surface area contributed by atoms with E-state index in [0.717, 1.165) is 4.47 Å². The number of nitrogens with one attached hydrogen (secondary N) is 4. The molecule has 0 radical (unpaired) electrons. The van der Waals surface area contributed by atoms with Crippen molar-refractivity contribution in [1.82, 2.24) is 20.9 Å². The number of rotatable bonds is 11. The summed E-state index contributed by atoms with van der Waals surface area (Å²) >= 11 is 3.30. The maximum absolute atomic E-state index is 13.0. The lowest BCUT2D eigenvalue weighted by Gasteiger charge is -2.28. The molecule has 34 heavy (non-hydrogen) atoms. The second kappa shape index (κ2) is 13.0. The third kappa shape index (κ3) is 7.79. The van der Waals surface area contributed by atoms with Crippen molar-refractivity contribution in [2.75, 3.05) is 19.8 Å². The minimum absolute atomic E-state index is 0.162. The molecule has 0 bridgehead atoms. The smallest absolute Gasteiger partial charge is 0.251 e. The Balaban J connectivity index is 1.98. The molecule has 0 aliphatic carbocycles. The molecular weight excluding hydrogens is 511 g/mol. The van der Waals surface area contributed by atoms with E-state index in [2.05, 4.69) is 31.9 Å². The third-order valence-corrected chi connectivity index (χ3v) is 6.01. The number of nitrogens with two attached hydrogens (primary N) is 1. The van der Waals surface area contributed by atoms with Crippen molar-refractivity contribution >= 4 is 45.4 Å². The molecule has 2 rings (SSSR count). The maximum Gasteiger partial charge on any atom is 0.251 e. The van der Waals surface area contributed by atoms with Crippen molar-refractivity contribution in [3.05, 3.63) is 34.3 Å². The highest BCUT2D eigenvalue weighted by molar-refractivity contribution is 9.10. The van der Waals surface area contributed by atoms with E-state index < -0.39 is 48.3 Å². The molecule has 3 atom stereocenters. The molecule has 0 spiro atoms. The number of ketones is 1. The van der Waals surface area contributed by atoms with E-state index in [-0.39, 0.29) is 12.4 Å². The summed E-state index contributed by atoms with van der Waals surface area (Å²) in [6, 6.07) is 3.95. The normalized spacial score (nSPS) is 16.9. The molecule has 10 nitrogen and oxygen atoms in total. The number of Topliss-reactive ketones (excluding diaryl/α,β-unsaturated/α-hetero) is 1. The number of alkyl halides is 1. The number of nitrogens with zero attached hydrogens (tertiary/aromatic N) is 1. The summed E-state index contributed by atoms with van der Waals surface area (Å²) in [6.45, 7) is 0.950. The van der Waals surface area contributed by atoms with Crippen LogP contribution in [-0.4, -0.2) is 72.3 Å². The number of hydrogen-bond acceptors (Lipinski definition) is 5. The quantitative estimate of drug-likeness (QED) is 0.159. The first-order chi connectivity index (χ1) is 16.1. The number of benzene rings is 1. The first-order valence-electron chi connectivity index (χ1n) is 11.0. The summed E-state index contributed by atoms with van der Waals surface area (Å²) in [5.41, 5.74) is 5.60. The molecule has 1 aliphatic rings. The molecule has 1 aliphatic heterocycles. The topological polar surface area (TPSA) is 157 Å². The van der Waals surface area contributed by atoms with E-state index in [0.29, 0.717) is 37.9 Å². The van der Waals surface area contributed by atoms with Crippen LogP contribution in [-0.2, 0) is 14.4 Å². The number of amides is 3. The van der Waals surface area contributed by atoms with Gasteiger partial charge in [0.2, 0.25) is 11.8 Å². The lowest BCUT2D eigenvalue weighted by Crippen LogP contribution is -2.54. The van der Waals surface area contributed by atoms with Gasteiger partial charge in [-0.2, -0.15) is 0 Å². The molecular formula is C22H30BrFN6O4. The maximum atomic E-state index is 13.0. The van der Waals surface area contributed by atoms with Crippen LogP contribution >= 0.6 is 15.9 Å². The Hall–Kier alpha value is -3.02. The number of guanidine groups is 1. The minimum atomic E-state index is -1.22. The van der Waals surface area contributed by atoms with Crippen LogP contribution in [0.3, 0.4) is 0 Å². The first-order valence-corrected chi connectivity index (χ1v) is 11.8. The summed E-state index contributed by atoms with van der Waals surface area (Å²) in [6.07, 6.45) is 1.52. The highest BCUT2D eigenvalue weighted by Crippen LogP contribution is 2.19. The zero-order valence-corrected chi connectivity index (χ0v) is 20.5. The Bertz CT molecular complexity index is 913. The zero-order valence-electron chi connectivity index (χ0n) is 18.9. The van der Waals surface area contributed by atoms with Crippen molar-refractivity contribution in [2.24, 2.45) is 5.73 Å². The average Bonchev–Trinajstić information content (AvgIpc) is 3.30. The SMILES string of the molecule is C[C@H](NC(=O)c1ccc(Br)cc1)C(=O)N1CCC[C@H]1C(=O)N[C@@H](CCCNC(=N)N)C(=O)CF. The summed E-state index contributed by atoms with van der Waals surface area (Å²) < 4.78 is 13.8. The molecule has 12 heteroatoms. The third-order valence-electron chi connectivity index (χ3n) is 5.48. The number of carbonyl (C=O) groups excluding carboxylic acids is 4. The summed E-state index contributed by atoms with van der Waals surface area (Å²) in [7, 11) is 0. The Morgan fingerprint density at radius 3 is 2.53 bits per heavy atom. The zero-order chi connectivity index (χ0) is 25.3. The predicted molar refractivity (Wildman–Crippen MR) is 128 cm³/mol. The van der Waals surface area contributed by atoms with Crippen LogP contribution in [0.1, 0.15) is 43.0 Å². The molecule has 1 saturated heterocycles. The van der Waals surface area contributed by atoms with E-state index in [1.807, 2.05) is 0 Å². The molecule has 3 amide bonds. The number of likely N-dealkylation sites (tertiary alicyclic amines) is 1. The van der Waals surface area contributed by atoms with Crippen LogP contribution in [0.25, 0.3) is 0 Å². The molecule has 0 aromatic heterocycles. The predicted octanol–water partition coefficient (Wildman–Crippen LogP) is 0.845. The lowest BCUT2D eigenvalue weighted by atomic mass is 10.1. The van der Waals surface area contributed by atoms with Crippen LogP contribution in [0.15, 0.2) is 28.7 Å². The monoisotopic (exact) mass is 540 g/mol. The van der Waals surface area contributed by atoms with Gasteiger partial charge in [0.15, 0.2) is 11.7 Å². The largest absolute Gasteiger partial charge is 0.370 e. The summed E-state index contributed by atoms with van der Waals surface area (Å²) in [5, 5.41) is 14.9. The standard InChI is InChI=1S/C22H30BrFN6O4/c1-13(28-19(32)14-6-8-15(23)9-7-14)21(34)30-11-3-5-17(30)20(33)29-16(18(31)12-24)4-2-10-27-22(25)26/h6-9,13,16-17H,2-5,10-12H2,1H3,(H,28,32)(H,29,33)(H4,25,26,27)/t13-,16-,17-/m0/s1. The van der Waals surface area contributed by atoms with E-state index in [1.54, 1.807) is 31.2 Å². The van der Waals surface area contributed by atoms with Crippen LogP contribution in [0, 0.1) is 5.41 Å². The molecule has 186 valence electrons. The molecule has 1 aromatic carbocycles. The highest BCUT2D eigenvalue weighted by atomic mass is 79.9.